The quantitative estimate of drug-likeness (QED) is 0.902. The molecule has 1 aliphatic rings. The number of carbonyl (C=O) groups excluding carboxylic acids is 1. The summed E-state index contributed by atoms with van der Waals surface area (Å²) in [6.07, 6.45) is 2.39. The van der Waals surface area contributed by atoms with Crippen molar-refractivity contribution in [2.45, 2.75) is 10.9 Å². The van der Waals surface area contributed by atoms with Crippen LogP contribution in [-0.2, 0) is 14.6 Å². The number of carbonyl (C=O) groups is 1. The molecule has 22 heavy (non-hydrogen) atoms. The Morgan fingerprint density at radius 1 is 1.55 bits per heavy atom. The molecule has 1 saturated heterocycles. The van der Waals surface area contributed by atoms with Gasteiger partial charge in [0.25, 0.3) is 5.91 Å². The van der Waals surface area contributed by atoms with E-state index in [1.165, 1.54) is 17.5 Å². The van der Waals surface area contributed by atoms with Crippen LogP contribution in [0.5, 0.6) is 0 Å². The molecule has 1 N–H and O–H groups in total. The molecule has 1 unspecified atom stereocenters. The van der Waals surface area contributed by atoms with Crippen LogP contribution in [0.1, 0.15) is 22.1 Å². The maximum atomic E-state index is 12.6. The van der Waals surface area contributed by atoms with E-state index >= 15 is 0 Å². The first-order valence-corrected chi connectivity index (χ1v) is 9.46. The minimum absolute atomic E-state index is 0.103. The van der Waals surface area contributed by atoms with Gasteiger partial charge in [-0.3, -0.25) is 9.89 Å². The second-order valence-corrected chi connectivity index (χ2v) is 7.79. The van der Waals surface area contributed by atoms with E-state index in [1.807, 2.05) is 5.38 Å². The van der Waals surface area contributed by atoms with Crippen LogP contribution < -0.4 is 0 Å². The van der Waals surface area contributed by atoms with E-state index in [1.54, 1.807) is 16.3 Å². The first-order chi connectivity index (χ1) is 10.5. The normalized spacial score (nSPS) is 19.3. The maximum Gasteiger partial charge on any atom is 0.255 e. The molecule has 3 rings (SSSR count). The Labute approximate surface area is 131 Å². The molecule has 118 valence electrons. The summed E-state index contributed by atoms with van der Waals surface area (Å²) in [5.74, 6) is -0.136. The lowest BCUT2D eigenvalue weighted by Crippen LogP contribution is -2.43. The van der Waals surface area contributed by atoms with Crippen LogP contribution in [0.3, 0.4) is 0 Å². The predicted octanol–water partition coefficient (Wildman–Crippen LogP) is 1.09. The van der Waals surface area contributed by atoms with Crippen LogP contribution >= 0.6 is 11.3 Å². The van der Waals surface area contributed by atoms with Gasteiger partial charge in [0.1, 0.15) is 4.90 Å². The first kappa shape index (κ1) is 15.2. The fraction of sp³-hybridized carbons (Fsp3) is 0.385. The molecule has 1 fully saturated rings. The molecule has 9 heteroatoms. The predicted molar refractivity (Wildman–Crippen MR) is 80.6 cm³/mol. The van der Waals surface area contributed by atoms with Crippen molar-refractivity contribution >= 4 is 27.1 Å². The summed E-state index contributed by atoms with van der Waals surface area (Å²) in [6, 6.07) is 1.26. The van der Waals surface area contributed by atoms with Crippen molar-refractivity contribution in [3.8, 4) is 0 Å². The lowest BCUT2D eigenvalue weighted by molar-refractivity contribution is -0.00465. The number of nitrogens with zero attached hydrogens (tertiary/aromatic N) is 2. The molecule has 0 aromatic carbocycles. The molecule has 0 radical (unpaired) electrons. The molecule has 2 aromatic rings. The number of hydrogen-bond acceptors (Lipinski definition) is 6. The van der Waals surface area contributed by atoms with Crippen molar-refractivity contribution < 1.29 is 17.9 Å². The second-order valence-electron chi connectivity index (χ2n) is 5.02. The fourth-order valence-electron chi connectivity index (χ4n) is 2.46. The smallest absolute Gasteiger partial charge is 0.255 e. The van der Waals surface area contributed by atoms with Gasteiger partial charge in [-0.1, -0.05) is 0 Å². The number of aromatic amines is 1. The van der Waals surface area contributed by atoms with Crippen molar-refractivity contribution in [1.82, 2.24) is 15.1 Å². The highest BCUT2D eigenvalue weighted by Gasteiger charge is 2.34. The van der Waals surface area contributed by atoms with Crippen LogP contribution in [0, 0.1) is 0 Å². The standard InChI is InChI=1S/C13H15N3O4S2/c1-22(18,19)11-6-14-15-12(11)10-7-20-4-3-16(10)13(17)9-2-5-21-8-9/h2,5-6,8,10H,3-4,7H2,1H3,(H,14,15). The van der Waals surface area contributed by atoms with Gasteiger partial charge in [-0.2, -0.15) is 16.4 Å². The summed E-state index contributed by atoms with van der Waals surface area (Å²) < 4.78 is 29.2. The van der Waals surface area contributed by atoms with Crippen molar-refractivity contribution in [3.05, 3.63) is 34.3 Å². The molecular weight excluding hydrogens is 326 g/mol. The number of sulfone groups is 1. The van der Waals surface area contributed by atoms with Crippen molar-refractivity contribution in [3.63, 3.8) is 0 Å². The topological polar surface area (TPSA) is 92.4 Å². The van der Waals surface area contributed by atoms with E-state index in [0.29, 0.717) is 24.4 Å². The second kappa shape index (κ2) is 5.82. The van der Waals surface area contributed by atoms with Gasteiger partial charge in [-0.05, 0) is 11.4 Å². The molecule has 1 aliphatic heterocycles. The van der Waals surface area contributed by atoms with E-state index in [4.69, 9.17) is 4.74 Å². The Hall–Kier alpha value is -1.71. The lowest BCUT2D eigenvalue weighted by atomic mass is 10.1. The van der Waals surface area contributed by atoms with Gasteiger partial charge in [0, 0.05) is 18.2 Å². The Morgan fingerprint density at radius 2 is 2.36 bits per heavy atom. The monoisotopic (exact) mass is 341 g/mol. The van der Waals surface area contributed by atoms with Gasteiger partial charge in [-0.25, -0.2) is 8.42 Å². The Bertz CT molecular complexity index is 767. The average Bonchev–Trinajstić information content (AvgIpc) is 3.17. The number of hydrogen-bond donors (Lipinski definition) is 1. The Morgan fingerprint density at radius 3 is 3.05 bits per heavy atom. The third kappa shape index (κ3) is 2.79. The van der Waals surface area contributed by atoms with Crippen LogP contribution in [-0.4, -0.2) is 55.4 Å². The largest absolute Gasteiger partial charge is 0.377 e. The van der Waals surface area contributed by atoms with Gasteiger partial charge in [0.15, 0.2) is 9.84 Å². The van der Waals surface area contributed by atoms with E-state index < -0.39 is 15.9 Å². The van der Waals surface area contributed by atoms with E-state index in [-0.39, 0.29) is 17.4 Å². The number of ether oxygens (including phenoxy) is 1. The zero-order chi connectivity index (χ0) is 15.7. The van der Waals surface area contributed by atoms with Crippen LogP contribution in [0.15, 0.2) is 27.9 Å². The highest BCUT2D eigenvalue weighted by Crippen LogP contribution is 2.29. The van der Waals surface area contributed by atoms with Gasteiger partial charge in [0.2, 0.25) is 0 Å². The summed E-state index contributed by atoms with van der Waals surface area (Å²) in [5.41, 5.74) is 0.989. The van der Waals surface area contributed by atoms with Crippen molar-refractivity contribution in [1.29, 1.82) is 0 Å². The highest BCUT2D eigenvalue weighted by atomic mass is 32.2. The number of aromatic nitrogens is 2. The zero-order valence-corrected chi connectivity index (χ0v) is 13.5. The number of morpholine rings is 1. The lowest BCUT2D eigenvalue weighted by Gasteiger charge is -2.35. The Kier molecular flexibility index (Phi) is 4.02. The molecule has 2 aromatic heterocycles. The summed E-state index contributed by atoms with van der Waals surface area (Å²) >= 11 is 1.44. The molecule has 1 atom stereocenters. The SMILES string of the molecule is CS(=O)(=O)c1cn[nH]c1C1COCCN1C(=O)c1ccsc1. The molecular formula is C13H15N3O4S2. The molecule has 7 nitrogen and oxygen atoms in total. The van der Waals surface area contributed by atoms with Crippen molar-refractivity contribution in [2.75, 3.05) is 26.0 Å². The van der Waals surface area contributed by atoms with E-state index in [9.17, 15) is 13.2 Å². The van der Waals surface area contributed by atoms with Gasteiger partial charge < -0.3 is 9.64 Å². The first-order valence-electron chi connectivity index (χ1n) is 6.62. The summed E-state index contributed by atoms with van der Waals surface area (Å²) in [4.78, 5) is 14.4. The maximum absolute atomic E-state index is 12.6. The van der Waals surface area contributed by atoms with Gasteiger partial charge >= 0.3 is 0 Å². The Balaban J connectivity index is 1.97. The molecule has 1 amide bonds. The summed E-state index contributed by atoms with van der Waals surface area (Å²) in [7, 11) is -3.43. The average molecular weight is 341 g/mol. The van der Waals surface area contributed by atoms with Gasteiger partial charge in [0.05, 0.1) is 36.7 Å². The van der Waals surface area contributed by atoms with Crippen LogP contribution in [0.2, 0.25) is 0 Å². The van der Waals surface area contributed by atoms with E-state index in [0.717, 1.165) is 6.26 Å². The minimum Gasteiger partial charge on any atom is -0.377 e. The van der Waals surface area contributed by atoms with Gasteiger partial charge in [-0.15, -0.1) is 0 Å². The molecule has 0 spiro atoms. The third-order valence-electron chi connectivity index (χ3n) is 3.52. The minimum atomic E-state index is -3.43. The highest BCUT2D eigenvalue weighted by molar-refractivity contribution is 7.90. The fourth-order valence-corrected chi connectivity index (χ4v) is 3.91. The zero-order valence-electron chi connectivity index (χ0n) is 11.9. The van der Waals surface area contributed by atoms with Crippen LogP contribution in [0.25, 0.3) is 0 Å². The number of H-pyrrole nitrogens is 1. The summed E-state index contributed by atoms with van der Waals surface area (Å²) in [6.45, 7) is 1.07. The number of nitrogens with one attached hydrogen (secondary N) is 1. The summed E-state index contributed by atoms with van der Waals surface area (Å²) in [5, 5.41) is 10.1. The van der Waals surface area contributed by atoms with Crippen LogP contribution in [0.4, 0.5) is 0 Å². The molecule has 0 saturated carbocycles. The molecule has 0 aliphatic carbocycles. The van der Waals surface area contributed by atoms with E-state index in [2.05, 4.69) is 10.2 Å². The molecule has 0 bridgehead atoms. The number of amides is 1. The number of thiophene rings is 1. The number of rotatable bonds is 3. The van der Waals surface area contributed by atoms with Crippen molar-refractivity contribution in [2.24, 2.45) is 0 Å². The third-order valence-corrected chi connectivity index (χ3v) is 5.33. The molecule has 3 heterocycles.